The summed E-state index contributed by atoms with van der Waals surface area (Å²) in [6.07, 6.45) is -1.23. The Bertz CT molecular complexity index is 875. The fourth-order valence-electron chi connectivity index (χ4n) is 2.41. The average molecular weight is 331 g/mol. The first-order valence-corrected chi connectivity index (χ1v) is 7.42. The fourth-order valence-corrected chi connectivity index (χ4v) is 2.41. The second kappa shape index (κ2) is 6.74. The van der Waals surface area contributed by atoms with Crippen molar-refractivity contribution in [1.82, 2.24) is 14.8 Å². The SMILES string of the molecule is C[C@@H](Cn1ccc(-c2nnc(C(F)F)o2)cc1=O)c1ccccc1. The maximum atomic E-state index is 12.5. The highest BCUT2D eigenvalue weighted by atomic mass is 19.3. The molecule has 24 heavy (non-hydrogen) atoms. The second-order valence-electron chi connectivity index (χ2n) is 5.46. The third kappa shape index (κ3) is 3.40. The molecule has 3 rings (SSSR count). The predicted molar refractivity (Wildman–Crippen MR) is 83.8 cm³/mol. The Kier molecular flexibility index (Phi) is 4.50. The third-order valence-electron chi connectivity index (χ3n) is 3.71. The molecule has 0 aliphatic carbocycles. The van der Waals surface area contributed by atoms with Crippen molar-refractivity contribution in [1.29, 1.82) is 0 Å². The minimum Gasteiger partial charge on any atom is -0.415 e. The molecule has 3 aromatic rings. The summed E-state index contributed by atoms with van der Waals surface area (Å²) in [6, 6.07) is 12.8. The Hall–Kier alpha value is -2.83. The van der Waals surface area contributed by atoms with Gasteiger partial charge in [0.15, 0.2) is 0 Å². The number of pyridine rings is 1. The molecule has 124 valence electrons. The van der Waals surface area contributed by atoms with Crippen LogP contribution < -0.4 is 5.56 Å². The van der Waals surface area contributed by atoms with Crippen molar-refractivity contribution < 1.29 is 13.2 Å². The van der Waals surface area contributed by atoms with Gasteiger partial charge in [0.05, 0.1) is 0 Å². The van der Waals surface area contributed by atoms with Crippen molar-refractivity contribution in [2.24, 2.45) is 0 Å². The lowest BCUT2D eigenvalue weighted by Crippen LogP contribution is -2.21. The highest BCUT2D eigenvalue weighted by Crippen LogP contribution is 2.22. The molecule has 1 aromatic carbocycles. The fraction of sp³-hybridized carbons (Fsp3) is 0.235. The van der Waals surface area contributed by atoms with E-state index < -0.39 is 12.3 Å². The number of hydrogen-bond donors (Lipinski definition) is 0. The lowest BCUT2D eigenvalue weighted by atomic mass is 10.0. The van der Waals surface area contributed by atoms with Crippen LogP contribution >= 0.6 is 0 Å². The first-order chi connectivity index (χ1) is 11.5. The van der Waals surface area contributed by atoms with Crippen molar-refractivity contribution >= 4 is 0 Å². The highest BCUT2D eigenvalue weighted by molar-refractivity contribution is 5.50. The summed E-state index contributed by atoms with van der Waals surface area (Å²) >= 11 is 0. The minimum atomic E-state index is -2.83. The van der Waals surface area contributed by atoms with Crippen LogP contribution in [0.4, 0.5) is 8.78 Å². The van der Waals surface area contributed by atoms with Crippen LogP contribution in [0, 0.1) is 0 Å². The molecular weight excluding hydrogens is 316 g/mol. The molecule has 2 aromatic heterocycles. The van der Waals surface area contributed by atoms with Gasteiger partial charge in [0, 0.05) is 24.4 Å². The van der Waals surface area contributed by atoms with Crippen LogP contribution in [0.15, 0.2) is 57.9 Å². The zero-order chi connectivity index (χ0) is 17.1. The molecule has 5 nitrogen and oxygen atoms in total. The largest absolute Gasteiger partial charge is 0.415 e. The van der Waals surface area contributed by atoms with Gasteiger partial charge in [0.25, 0.3) is 11.4 Å². The summed E-state index contributed by atoms with van der Waals surface area (Å²) in [5.41, 5.74) is 1.20. The molecule has 0 fully saturated rings. The van der Waals surface area contributed by atoms with E-state index in [-0.39, 0.29) is 17.4 Å². The summed E-state index contributed by atoms with van der Waals surface area (Å²) in [5.74, 6) is -0.693. The normalized spacial score (nSPS) is 12.5. The van der Waals surface area contributed by atoms with Gasteiger partial charge < -0.3 is 8.98 Å². The Morgan fingerprint density at radius 1 is 1.17 bits per heavy atom. The number of benzene rings is 1. The molecule has 7 heteroatoms. The Balaban J connectivity index is 1.81. The summed E-state index contributed by atoms with van der Waals surface area (Å²) in [5, 5.41) is 6.80. The van der Waals surface area contributed by atoms with E-state index in [1.807, 2.05) is 37.3 Å². The van der Waals surface area contributed by atoms with Gasteiger partial charge in [-0.05, 0) is 17.5 Å². The molecule has 0 saturated heterocycles. The second-order valence-corrected chi connectivity index (χ2v) is 5.46. The molecule has 0 aliphatic heterocycles. The number of rotatable bonds is 5. The first kappa shape index (κ1) is 16.0. The zero-order valence-electron chi connectivity index (χ0n) is 12.9. The number of hydrogen-bond acceptors (Lipinski definition) is 4. The number of nitrogens with zero attached hydrogens (tertiary/aromatic N) is 3. The van der Waals surface area contributed by atoms with Crippen molar-refractivity contribution in [3.05, 3.63) is 70.5 Å². The Morgan fingerprint density at radius 3 is 2.54 bits per heavy atom. The summed E-state index contributed by atoms with van der Waals surface area (Å²) < 4.78 is 31.4. The summed E-state index contributed by atoms with van der Waals surface area (Å²) in [6.45, 7) is 2.54. The van der Waals surface area contributed by atoms with Gasteiger partial charge in [0.1, 0.15) is 0 Å². The molecule has 0 spiro atoms. The summed E-state index contributed by atoms with van der Waals surface area (Å²) in [7, 11) is 0. The smallest absolute Gasteiger partial charge is 0.314 e. The predicted octanol–water partition coefficient (Wildman–Crippen LogP) is 3.64. The number of alkyl halides is 2. The molecule has 0 amide bonds. The van der Waals surface area contributed by atoms with E-state index >= 15 is 0 Å². The zero-order valence-corrected chi connectivity index (χ0v) is 12.9. The van der Waals surface area contributed by atoms with E-state index in [2.05, 4.69) is 10.2 Å². The van der Waals surface area contributed by atoms with Gasteiger partial charge in [-0.25, -0.2) is 0 Å². The van der Waals surface area contributed by atoms with Crippen LogP contribution in [0.3, 0.4) is 0 Å². The van der Waals surface area contributed by atoms with E-state index in [4.69, 9.17) is 4.42 Å². The lowest BCUT2D eigenvalue weighted by molar-refractivity contribution is 0.116. The van der Waals surface area contributed by atoms with Gasteiger partial charge in [-0.15, -0.1) is 10.2 Å². The summed E-state index contributed by atoms with van der Waals surface area (Å²) in [4.78, 5) is 12.2. The van der Waals surface area contributed by atoms with Gasteiger partial charge in [-0.1, -0.05) is 37.3 Å². The maximum absolute atomic E-state index is 12.5. The molecule has 0 aliphatic rings. The van der Waals surface area contributed by atoms with E-state index in [1.54, 1.807) is 16.8 Å². The molecule has 0 radical (unpaired) electrons. The van der Waals surface area contributed by atoms with Crippen molar-refractivity contribution in [3.63, 3.8) is 0 Å². The highest BCUT2D eigenvalue weighted by Gasteiger charge is 2.17. The standard InChI is InChI=1S/C17H15F2N3O2/c1-11(12-5-3-2-4-6-12)10-22-8-7-13(9-14(22)23)16-20-21-17(24-16)15(18)19/h2-9,11,15H,10H2,1H3/t11-/m0/s1. The van der Waals surface area contributed by atoms with Crippen LogP contribution in [0.1, 0.15) is 30.7 Å². The van der Waals surface area contributed by atoms with Crippen LogP contribution in [-0.2, 0) is 6.54 Å². The van der Waals surface area contributed by atoms with E-state index in [9.17, 15) is 13.6 Å². The molecule has 0 saturated carbocycles. The van der Waals surface area contributed by atoms with Crippen LogP contribution in [0.25, 0.3) is 11.5 Å². The molecule has 1 atom stereocenters. The van der Waals surface area contributed by atoms with Crippen molar-refractivity contribution in [2.75, 3.05) is 0 Å². The van der Waals surface area contributed by atoms with Gasteiger partial charge in [0.2, 0.25) is 5.89 Å². The molecule has 0 bridgehead atoms. The van der Waals surface area contributed by atoms with E-state index in [0.717, 1.165) is 5.56 Å². The van der Waals surface area contributed by atoms with Crippen molar-refractivity contribution in [2.45, 2.75) is 25.8 Å². The maximum Gasteiger partial charge on any atom is 0.314 e. The van der Waals surface area contributed by atoms with E-state index in [1.165, 1.54) is 6.07 Å². The van der Waals surface area contributed by atoms with Crippen LogP contribution in [-0.4, -0.2) is 14.8 Å². The molecule has 2 heterocycles. The van der Waals surface area contributed by atoms with Crippen LogP contribution in [0.2, 0.25) is 0 Å². The third-order valence-corrected chi connectivity index (χ3v) is 3.71. The minimum absolute atomic E-state index is 0.0920. The monoisotopic (exact) mass is 331 g/mol. The number of halogens is 2. The van der Waals surface area contributed by atoms with Crippen molar-refractivity contribution in [3.8, 4) is 11.5 Å². The Morgan fingerprint density at radius 2 is 1.92 bits per heavy atom. The molecule has 0 unspecified atom stereocenters. The van der Waals surface area contributed by atoms with Gasteiger partial charge in [-0.2, -0.15) is 8.78 Å². The first-order valence-electron chi connectivity index (χ1n) is 7.42. The van der Waals surface area contributed by atoms with E-state index in [0.29, 0.717) is 12.1 Å². The van der Waals surface area contributed by atoms with Gasteiger partial charge >= 0.3 is 6.43 Å². The van der Waals surface area contributed by atoms with Crippen LogP contribution in [0.5, 0.6) is 0 Å². The lowest BCUT2D eigenvalue weighted by Gasteiger charge is -2.13. The van der Waals surface area contributed by atoms with Gasteiger partial charge in [-0.3, -0.25) is 4.79 Å². The topological polar surface area (TPSA) is 60.9 Å². The molecule has 0 N–H and O–H groups in total. The number of aromatic nitrogens is 3. The molecular formula is C17H15F2N3O2. The quantitative estimate of drug-likeness (QED) is 0.716. The Labute approximate surface area is 136 Å². The average Bonchev–Trinajstić information content (AvgIpc) is 3.08.